The van der Waals surface area contributed by atoms with Gasteiger partial charge in [-0.15, -0.1) is 5.10 Å². The van der Waals surface area contributed by atoms with Gasteiger partial charge < -0.3 is 5.11 Å². The first kappa shape index (κ1) is 18.8. The van der Waals surface area contributed by atoms with Crippen molar-refractivity contribution in [3.63, 3.8) is 0 Å². The molecule has 7 heteroatoms. The first-order valence-electron chi connectivity index (χ1n) is 8.99. The quantitative estimate of drug-likeness (QED) is 0.315. The molecular formula is C22H18N4O2S. The maximum atomic E-state index is 11.8. The van der Waals surface area contributed by atoms with E-state index in [2.05, 4.69) is 15.3 Å². The number of hydrogen-bond acceptors (Lipinski definition) is 6. The molecule has 3 aromatic carbocycles. The minimum absolute atomic E-state index is 0.128. The molecule has 0 aliphatic carbocycles. The zero-order valence-electron chi connectivity index (χ0n) is 15.9. The molecule has 0 atom stereocenters. The fourth-order valence-corrected chi connectivity index (χ4v) is 3.66. The van der Waals surface area contributed by atoms with Crippen LogP contribution in [0.2, 0.25) is 0 Å². The van der Waals surface area contributed by atoms with E-state index in [1.54, 1.807) is 10.7 Å². The summed E-state index contributed by atoms with van der Waals surface area (Å²) in [5.41, 5.74) is 2.51. The standard InChI is InChI=1S/C22H18N4O2S/c1-14-7-10-17(11-8-14)26-22(29-21(25-26)15(2)27)24-23-13-19-18-6-4-3-5-16(18)9-12-20(19)28/h3-13,28H,1-2H3/b23-13-,24-22-. The molecule has 0 saturated heterocycles. The van der Waals surface area contributed by atoms with E-state index in [1.165, 1.54) is 24.5 Å². The topological polar surface area (TPSA) is 79.8 Å². The van der Waals surface area contributed by atoms with E-state index in [4.69, 9.17) is 0 Å². The molecule has 1 N–H and O–H groups in total. The third kappa shape index (κ3) is 3.86. The van der Waals surface area contributed by atoms with Crippen molar-refractivity contribution in [3.8, 4) is 11.4 Å². The van der Waals surface area contributed by atoms with Gasteiger partial charge in [-0.05, 0) is 35.9 Å². The SMILES string of the molecule is CC(=O)c1nn(-c2ccc(C)cc2)/c(=N/N=C\c2c(O)ccc3ccccc23)s1. The van der Waals surface area contributed by atoms with E-state index in [-0.39, 0.29) is 11.5 Å². The number of aromatic hydroxyl groups is 1. The van der Waals surface area contributed by atoms with Crippen LogP contribution in [0, 0.1) is 6.92 Å². The van der Waals surface area contributed by atoms with Gasteiger partial charge in [0.2, 0.25) is 4.80 Å². The van der Waals surface area contributed by atoms with Gasteiger partial charge in [-0.2, -0.15) is 10.2 Å². The Labute approximate surface area is 171 Å². The average Bonchev–Trinajstić information content (AvgIpc) is 3.15. The van der Waals surface area contributed by atoms with Crippen LogP contribution in [0.4, 0.5) is 0 Å². The van der Waals surface area contributed by atoms with Crippen molar-refractivity contribution in [1.29, 1.82) is 0 Å². The monoisotopic (exact) mass is 402 g/mol. The molecule has 0 fully saturated rings. The summed E-state index contributed by atoms with van der Waals surface area (Å²) in [6.45, 7) is 3.47. The van der Waals surface area contributed by atoms with Gasteiger partial charge in [-0.3, -0.25) is 4.79 Å². The molecule has 0 aliphatic rings. The summed E-state index contributed by atoms with van der Waals surface area (Å²) < 4.78 is 1.60. The summed E-state index contributed by atoms with van der Waals surface area (Å²) >= 11 is 1.17. The molecule has 29 heavy (non-hydrogen) atoms. The predicted molar refractivity (Wildman–Crippen MR) is 115 cm³/mol. The van der Waals surface area contributed by atoms with Crippen molar-refractivity contribution >= 4 is 34.1 Å². The average molecular weight is 402 g/mol. The number of ketones is 1. The van der Waals surface area contributed by atoms with Crippen LogP contribution < -0.4 is 4.80 Å². The van der Waals surface area contributed by atoms with Gasteiger partial charge in [-0.1, -0.05) is 59.4 Å². The Morgan fingerprint density at radius 2 is 1.86 bits per heavy atom. The van der Waals surface area contributed by atoms with Crippen molar-refractivity contribution in [2.75, 3.05) is 0 Å². The number of phenols is 1. The number of Topliss-reactive ketones (excluding diaryl/α,β-unsaturated/α-hetero) is 1. The molecule has 144 valence electrons. The van der Waals surface area contributed by atoms with Crippen LogP contribution in [0.1, 0.15) is 27.9 Å². The molecule has 0 bridgehead atoms. The van der Waals surface area contributed by atoms with Crippen molar-refractivity contribution in [1.82, 2.24) is 9.78 Å². The second-order valence-corrected chi connectivity index (χ2v) is 7.51. The lowest BCUT2D eigenvalue weighted by Crippen LogP contribution is -2.14. The van der Waals surface area contributed by atoms with E-state index in [1.807, 2.05) is 61.5 Å². The molecule has 0 radical (unpaired) electrons. The zero-order valence-corrected chi connectivity index (χ0v) is 16.7. The normalized spacial score (nSPS) is 12.1. The number of rotatable bonds is 4. The van der Waals surface area contributed by atoms with Crippen molar-refractivity contribution in [2.24, 2.45) is 10.2 Å². The van der Waals surface area contributed by atoms with Crippen LogP contribution in [0.25, 0.3) is 16.5 Å². The number of nitrogens with zero attached hydrogens (tertiary/aromatic N) is 4. The molecule has 1 aromatic heterocycles. The van der Waals surface area contributed by atoms with Crippen LogP contribution >= 0.6 is 11.3 Å². The van der Waals surface area contributed by atoms with E-state index < -0.39 is 0 Å². The van der Waals surface area contributed by atoms with Gasteiger partial charge in [0.1, 0.15) is 5.75 Å². The highest BCUT2D eigenvalue weighted by atomic mass is 32.1. The highest BCUT2D eigenvalue weighted by Gasteiger charge is 2.11. The summed E-state index contributed by atoms with van der Waals surface area (Å²) in [7, 11) is 0. The van der Waals surface area contributed by atoms with E-state index in [9.17, 15) is 9.90 Å². The third-order valence-corrected chi connectivity index (χ3v) is 5.42. The summed E-state index contributed by atoms with van der Waals surface area (Å²) in [5.74, 6) is -0.00391. The molecule has 4 rings (SSSR count). The Morgan fingerprint density at radius 1 is 1.10 bits per heavy atom. The molecule has 0 aliphatic heterocycles. The van der Waals surface area contributed by atoms with Crippen molar-refractivity contribution < 1.29 is 9.90 Å². The largest absolute Gasteiger partial charge is 0.507 e. The smallest absolute Gasteiger partial charge is 0.233 e. The Balaban J connectivity index is 1.80. The second-order valence-electron chi connectivity index (χ2n) is 6.56. The number of benzene rings is 3. The van der Waals surface area contributed by atoms with Crippen LogP contribution in [0.3, 0.4) is 0 Å². The summed E-state index contributed by atoms with van der Waals surface area (Å²) in [6, 6.07) is 19.0. The van der Waals surface area contributed by atoms with Gasteiger partial charge in [0.25, 0.3) is 0 Å². The van der Waals surface area contributed by atoms with Gasteiger partial charge >= 0.3 is 0 Å². The summed E-state index contributed by atoms with van der Waals surface area (Å²) in [6.07, 6.45) is 1.52. The first-order valence-corrected chi connectivity index (χ1v) is 9.80. The van der Waals surface area contributed by atoms with E-state index in [0.717, 1.165) is 22.0 Å². The van der Waals surface area contributed by atoms with Crippen LogP contribution in [-0.4, -0.2) is 26.9 Å². The van der Waals surface area contributed by atoms with Gasteiger partial charge in [0.15, 0.2) is 10.8 Å². The number of hydrogen-bond donors (Lipinski definition) is 1. The summed E-state index contributed by atoms with van der Waals surface area (Å²) in [5, 5.41) is 25.3. The maximum absolute atomic E-state index is 11.8. The third-order valence-electron chi connectivity index (χ3n) is 4.42. The molecule has 0 spiro atoms. The predicted octanol–water partition coefficient (Wildman–Crippen LogP) is 4.24. The number of phenolic OH excluding ortho intramolecular Hbond substituents is 1. The molecule has 0 amide bonds. The summed E-state index contributed by atoms with van der Waals surface area (Å²) in [4.78, 5) is 12.3. The molecule has 4 aromatic rings. The molecule has 6 nitrogen and oxygen atoms in total. The van der Waals surface area contributed by atoms with Gasteiger partial charge in [-0.25, -0.2) is 4.68 Å². The number of carbonyl (C=O) groups excluding carboxylic acids is 1. The van der Waals surface area contributed by atoms with Crippen LogP contribution in [0.15, 0.2) is 70.9 Å². The molecule has 1 heterocycles. The molecule has 0 unspecified atom stereocenters. The number of carbonyl (C=O) groups is 1. The van der Waals surface area contributed by atoms with Gasteiger partial charge in [0, 0.05) is 12.5 Å². The highest BCUT2D eigenvalue weighted by molar-refractivity contribution is 7.10. The second kappa shape index (κ2) is 7.81. The Bertz CT molecular complexity index is 1300. The lowest BCUT2D eigenvalue weighted by molar-refractivity contribution is 0.101. The minimum atomic E-state index is -0.131. The molecule has 0 saturated carbocycles. The van der Waals surface area contributed by atoms with Gasteiger partial charge in [0.05, 0.1) is 11.9 Å². The number of aryl methyl sites for hydroxylation is 1. The first-order chi connectivity index (χ1) is 14.0. The van der Waals surface area contributed by atoms with E-state index >= 15 is 0 Å². The van der Waals surface area contributed by atoms with E-state index in [0.29, 0.717) is 15.4 Å². The molecular weight excluding hydrogens is 384 g/mol. The lowest BCUT2D eigenvalue weighted by atomic mass is 10.0. The van der Waals surface area contributed by atoms with Crippen molar-refractivity contribution in [2.45, 2.75) is 13.8 Å². The zero-order chi connectivity index (χ0) is 20.4. The highest BCUT2D eigenvalue weighted by Crippen LogP contribution is 2.25. The van der Waals surface area contributed by atoms with Crippen molar-refractivity contribution in [3.05, 3.63) is 81.6 Å². The van der Waals surface area contributed by atoms with Crippen LogP contribution in [0.5, 0.6) is 5.75 Å². The van der Waals surface area contributed by atoms with Crippen LogP contribution in [-0.2, 0) is 0 Å². The fourth-order valence-electron chi connectivity index (χ4n) is 2.90. The maximum Gasteiger partial charge on any atom is 0.233 e. The Morgan fingerprint density at radius 3 is 2.62 bits per heavy atom. The minimum Gasteiger partial charge on any atom is -0.507 e. The lowest BCUT2D eigenvalue weighted by Gasteiger charge is -2.03. The Kier molecular flexibility index (Phi) is 5.05. The number of aromatic nitrogens is 2. The fraction of sp³-hybridized carbons (Fsp3) is 0.0909. The Hall–Kier alpha value is -3.58. The number of fused-ring (bicyclic) bond motifs is 1.